The first kappa shape index (κ1) is 18.6. The van der Waals surface area contributed by atoms with Crippen LogP contribution in [0.4, 0.5) is 14.5 Å². The lowest BCUT2D eigenvalue weighted by Gasteiger charge is -2.13. The second-order valence-electron chi connectivity index (χ2n) is 6.61. The number of benzene rings is 3. The van der Waals surface area contributed by atoms with Crippen molar-refractivity contribution in [1.82, 2.24) is 9.55 Å². The lowest BCUT2D eigenvalue weighted by Crippen LogP contribution is -2.10. The first-order valence-corrected chi connectivity index (χ1v) is 9.08. The van der Waals surface area contributed by atoms with E-state index in [-0.39, 0.29) is 0 Å². The van der Waals surface area contributed by atoms with E-state index in [2.05, 4.69) is 10.3 Å². The normalized spacial score (nSPS) is 11.0. The number of carbonyl (C=O) groups is 1. The first-order chi connectivity index (χ1) is 14.0. The van der Waals surface area contributed by atoms with Crippen LogP contribution in [-0.2, 0) is 0 Å². The topological polar surface area (TPSA) is 72.9 Å². The summed E-state index contributed by atoms with van der Waals surface area (Å²) in [5.74, 6) is -1.78. The zero-order chi connectivity index (χ0) is 20.5. The molecule has 0 saturated carbocycles. The summed E-state index contributed by atoms with van der Waals surface area (Å²) < 4.78 is 29.5. The fourth-order valence-corrected chi connectivity index (χ4v) is 3.31. The molecule has 0 radical (unpaired) electrons. The summed E-state index contributed by atoms with van der Waals surface area (Å²) in [4.78, 5) is 15.8. The fraction of sp³-hybridized carbons (Fsp3) is 0.0909. The van der Waals surface area contributed by atoms with E-state index in [0.29, 0.717) is 28.8 Å². The molecule has 1 aromatic heterocycles. The van der Waals surface area contributed by atoms with Gasteiger partial charge in [0, 0.05) is 35.1 Å². The number of primary amides is 1. The minimum Gasteiger partial charge on any atom is -0.385 e. The number of nitrogens with one attached hydrogen (secondary N) is 1. The zero-order valence-electron chi connectivity index (χ0n) is 15.6. The van der Waals surface area contributed by atoms with Crippen molar-refractivity contribution in [3.05, 3.63) is 78.1 Å². The number of hydrogen-bond donors (Lipinski definition) is 2. The summed E-state index contributed by atoms with van der Waals surface area (Å²) in [6.07, 6.45) is 1.63. The summed E-state index contributed by atoms with van der Waals surface area (Å²) in [7, 11) is 0. The van der Waals surface area contributed by atoms with Gasteiger partial charge in [-0.2, -0.15) is 0 Å². The first-order valence-electron chi connectivity index (χ1n) is 9.08. The summed E-state index contributed by atoms with van der Waals surface area (Å²) in [5, 5.41) is 3.23. The van der Waals surface area contributed by atoms with Gasteiger partial charge in [0.25, 0.3) is 0 Å². The SMILES string of the molecule is CCNc1cc(-c2ccc(F)cc2F)cc(-n2cnc3cc(C(N)=O)ccc32)c1. The third-order valence-corrected chi connectivity index (χ3v) is 4.65. The highest BCUT2D eigenvalue weighted by Crippen LogP contribution is 2.30. The Morgan fingerprint density at radius 3 is 2.66 bits per heavy atom. The number of fused-ring (bicyclic) bond motifs is 1. The molecule has 0 unspecified atom stereocenters. The standard InChI is InChI=1S/C22H18F2N4O/c1-2-26-16-7-14(18-5-4-15(23)10-19(18)24)8-17(11-16)28-12-27-20-9-13(22(25)29)3-6-21(20)28/h3-12,26H,2H2,1H3,(H2,25,29). The van der Waals surface area contributed by atoms with Gasteiger partial charge in [-0.1, -0.05) is 0 Å². The Morgan fingerprint density at radius 2 is 1.93 bits per heavy atom. The molecule has 0 aliphatic carbocycles. The highest BCUT2D eigenvalue weighted by molar-refractivity contribution is 5.96. The lowest BCUT2D eigenvalue weighted by molar-refractivity contribution is 0.100. The van der Waals surface area contributed by atoms with E-state index in [1.54, 1.807) is 30.6 Å². The van der Waals surface area contributed by atoms with Crippen LogP contribution in [0.5, 0.6) is 0 Å². The number of amides is 1. The molecule has 0 bridgehead atoms. The van der Waals surface area contributed by atoms with E-state index < -0.39 is 17.5 Å². The number of nitrogens with two attached hydrogens (primary N) is 1. The largest absolute Gasteiger partial charge is 0.385 e. The summed E-state index contributed by atoms with van der Waals surface area (Å²) >= 11 is 0. The van der Waals surface area contributed by atoms with Gasteiger partial charge >= 0.3 is 0 Å². The molecule has 3 N–H and O–H groups in total. The number of aromatic nitrogens is 2. The van der Waals surface area contributed by atoms with Gasteiger partial charge in [0.15, 0.2) is 0 Å². The molecule has 0 spiro atoms. The second kappa shape index (κ2) is 7.35. The number of imidazole rings is 1. The summed E-state index contributed by atoms with van der Waals surface area (Å²) in [6.45, 7) is 2.64. The number of rotatable bonds is 5. The molecule has 0 atom stereocenters. The van der Waals surface area contributed by atoms with Crippen molar-refractivity contribution in [2.45, 2.75) is 6.92 Å². The summed E-state index contributed by atoms with van der Waals surface area (Å²) in [5.41, 5.74) is 9.54. The Hall–Kier alpha value is -3.74. The molecule has 0 saturated heterocycles. The molecule has 0 aliphatic heterocycles. The van der Waals surface area contributed by atoms with E-state index >= 15 is 0 Å². The van der Waals surface area contributed by atoms with Crippen LogP contribution >= 0.6 is 0 Å². The quantitative estimate of drug-likeness (QED) is 0.525. The lowest BCUT2D eigenvalue weighted by atomic mass is 10.0. The minimum absolute atomic E-state index is 0.299. The van der Waals surface area contributed by atoms with E-state index in [9.17, 15) is 13.6 Å². The fourth-order valence-electron chi connectivity index (χ4n) is 3.31. The van der Waals surface area contributed by atoms with Crippen LogP contribution in [0.2, 0.25) is 0 Å². The summed E-state index contributed by atoms with van der Waals surface area (Å²) in [6, 6.07) is 14.1. The van der Waals surface area contributed by atoms with Crippen LogP contribution in [-0.4, -0.2) is 22.0 Å². The molecule has 1 amide bonds. The molecule has 4 rings (SSSR count). The number of hydrogen-bond acceptors (Lipinski definition) is 3. The van der Waals surface area contributed by atoms with Crippen molar-refractivity contribution in [2.24, 2.45) is 5.73 Å². The van der Waals surface area contributed by atoms with Crippen molar-refractivity contribution < 1.29 is 13.6 Å². The number of halogens is 2. The highest BCUT2D eigenvalue weighted by atomic mass is 19.1. The average Bonchev–Trinajstić information content (AvgIpc) is 3.11. The predicted molar refractivity (Wildman–Crippen MR) is 109 cm³/mol. The van der Waals surface area contributed by atoms with E-state index in [4.69, 9.17) is 5.73 Å². The number of nitrogens with zero attached hydrogens (tertiary/aromatic N) is 2. The average molecular weight is 392 g/mol. The van der Waals surface area contributed by atoms with Crippen molar-refractivity contribution >= 4 is 22.6 Å². The molecular weight excluding hydrogens is 374 g/mol. The van der Waals surface area contributed by atoms with Crippen LogP contribution in [0.25, 0.3) is 27.8 Å². The third-order valence-electron chi connectivity index (χ3n) is 4.65. The molecule has 0 fully saturated rings. The molecule has 5 nitrogen and oxygen atoms in total. The van der Waals surface area contributed by atoms with E-state index in [0.717, 1.165) is 23.0 Å². The van der Waals surface area contributed by atoms with Crippen molar-refractivity contribution in [2.75, 3.05) is 11.9 Å². The Bertz CT molecular complexity index is 1230. The Labute approximate surface area is 165 Å². The Morgan fingerprint density at radius 1 is 1.10 bits per heavy atom. The molecule has 1 heterocycles. The molecule has 146 valence electrons. The second-order valence-corrected chi connectivity index (χ2v) is 6.61. The minimum atomic E-state index is -0.633. The smallest absolute Gasteiger partial charge is 0.248 e. The van der Waals surface area contributed by atoms with Gasteiger partial charge in [0.1, 0.15) is 18.0 Å². The van der Waals surface area contributed by atoms with Gasteiger partial charge < -0.3 is 11.1 Å². The Balaban J connectivity index is 1.88. The van der Waals surface area contributed by atoms with E-state index in [1.807, 2.05) is 23.6 Å². The molecule has 0 aliphatic rings. The monoisotopic (exact) mass is 392 g/mol. The van der Waals surface area contributed by atoms with Crippen molar-refractivity contribution in [3.63, 3.8) is 0 Å². The predicted octanol–water partition coefficient (Wildman–Crippen LogP) is 4.50. The maximum absolute atomic E-state index is 14.4. The molecule has 29 heavy (non-hydrogen) atoms. The highest BCUT2D eigenvalue weighted by Gasteiger charge is 2.13. The maximum atomic E-state index is 14.4. The van der Waals surface area contributed by atoms with Gasteiger partial charge in [-0.05, 0) is 61.0 Å². The van der Waals surface area contributed by atoms with Crippen molar-refractivity contribution in [3.8, 4) is 16.8 Å². The maximum Gasteiger partial charge on any atom is 0.248 e. The van der Waals surface area contributed by atoms with Crippen LogP contribution < -0.4 is 11.1 Å². The zero-order valence-corrected chi connectivity index (χ0v) is 15.6. The van der Waals surface area contributed by atoms with Gasteiger partial charge in [-0.3, -0.25) is 9.36 Å². The number of carbonyl (C=O) groups excluding carboxylic acids is 1. The molecule has 7 heteroatoms. The van der Waals surface area contributed by atoms with Crippen molar-refractivity contribution in [1.29, 1.82) is 0 Å². The van der Waals surface area contributed by atoms with Gasteiger partial charge in [0.2, 0.25) is 5.91 Å². The van der Waals surface area contributed by atoms with Crippen LogP contribution in [0.15, 0.2) is 60.9 Å². The number of anilines is 1. The molecule has 4 aromatic rings. The van der Waals surface area contributed by atoms with Crippen LogP contribution in [0, 0.1) is 11.6 Å². The third kappa shape index (κ3) is 3.54. The molecular formula is C22H18F2N4O. The van der Waals surface area contributed by atoms with Crippen LogP contribution in [0.3, 0.4) is 0 Å². The van der Waals surface area contributed by atoms with Crippen LogP contribution in [0.1, 0.15) is 17.3 Å². The van der Waals surface area contributed by atoms with Gasteiger partial charge in [-0.25, -0.2) is 13.8 Å². The van der Waals surface area contributed by atoms with E-state index in [1.165, 1.54) is 12.1 Å². The Kier molecular flexibility index (Phi) is 4.72. The molecule has 3 aromatic carbocycles. The van der Waals surface area contributed by atoms with Gasteiger partial charge in [0.05, 0.1) is 11.0 Å². The van der Waals surface area contributed by atoms with Gasteiger partial charge in [-0.15, -0.1) is 0 Å².